The molecule has 2 bridgehead atoms. The second-order valence-corrected chi connectivity index (χ2v) is 7.05. The lowest BCUT2D eigenvalue weighted by Crippen LogP contribution is -2.40. The van der Waals surface area contributed by atoms with Gasteiger partial charge in [0.15, 0.2) is 0 Å². The van der Waals surface area contributed by atoms with E-state index in [9.17, 15) is 9.59 Å². The molecule has 3 atom stereocenters. The van der Waals surface area contributed by atoms with Crippen molar-refractivity contribution in [2.45, 2.75) is 40.0 Å². The monoisotopic (exact) mass is 308 g/mol. The summed E-state index contributed by atoms with van der Waals surface area (Å²) in [7, 11) is 0. The minimum absolute atomic E-state index is 0.183. The standard InChI is InChI=1S/C17H28N2O3/c1-4-17(2,3)15(20)22-8-7-18-16(21)19-11-14-10-12-5-6-13(14)9-12/h5-6,12-14H,4,7-11H2,1-3H3,(H2,18,19,21). The first-order chi connectivity index (χ1) is 10.4. The van der Waals surface area contributed by atoms with Gasteiger partial charge in [0.25, 0.3) is 0 Å². The Labute approximate surface area is 132 Å². The summed E-state index contributed by atoms with van der Waals surface area (Å²) in [4.78, 5) is 23.5. The van der Waals surface area contributed by atoms with Gasteiger partial charge in [-0.1, -0.05) is 19.1 Å². The number of ether oxygens (including phenoxy) is 1. The summed E-state index contributed by atoms with van der Waals surface area (Å²) in [5.41, 5.74) is -0.461. The van der Waals surface area contributed by atoms with E-state index in [1.54, 1.807) is 0 Å². The molecule has 0 saturated heterocycles. The fourth-order valence-corrected chi connectivity index (χ4v) is 3.06. The molecule has 1 saturated carbocycles. The Morgan fingerprint density at radius 3 is 2.59 bits per heavy atom. The molecule has 5 heteroatoms. The minimum Gasteiger partial charge on any atom is -0.463 e. The Bertz CT molecular complexity index is 445. The Kier molecular flexibility index (Phi) is 5.48. The predicted molar refractivity (Wildman–Crippen MR) is 85.3 cm³/mol. The summed E-state index contributed by atoms with van der Waals surface area (Å²) in [6.45, 7) is 6.96. The maximum absolute atomic E-state index is 11.8. The molecular weight excluding hydrogens is 280 g/mol. The van der Waals surface area contributed by atoms with Crippen LogP contribution >= 0.6 is 0 Å². The topological polar surface area (TPSA) is 67.4 Å². The molecule has 5 nitrogen and oxygen atoms in total. The van der Waals surface area contributed by atoms with Crippen molar-refractivity contribution in [3.63, 3.8) is 0 Å². The molecule has 2 aliphatic carbocycles. The summed E-state index contributed by atoms with van der Waals surface area (Å²) in [5.74, 6) is 1.72. The lowest BCUT2D eigenvalue weighted by atomic mass is 9.91. The van der Waals surface area contributed by atoms with Gasteiger partial charge in [-0.3, -0.25) is 4.79 Å². The van der Waals surface area contributed by atoms with Crippen molar-refractivity contribution in [1.82, 2.24) is 10.6 Å². The van der Waals surface area contributed by atoms with Gasteiger partial charge in [-0.05, 0) is 50.9 Å². The maximum atomic E-state index is 11.8. The van der Waals surface area contributed by atoms with Crippen LogP contribution in [0.25, 0.3) is 0 Å². The lowest BCUT2D eigenvalue weighted by molar-refractivity contribution is -0.153. The van der Waals surface area contributed by atoms with Crippen LogP contribution in [0.3, 0.4) is 0 Å². The van der Waals surface area contributed by atoms with Crippen LogP contribution in [0, 0.1) is 23.2 Å². The van der Waals surface area contributed by atoms with Gasteiger partial charge >= 0.3 is 12.0 Å². The van der Waals surface area contributed by atoms with Crippen LogP contribution in [0.15, 0.2) is 12.2 Å². The first kappa shape index (κ1) is 16.8. The van der Waals surface area contributed by atoms with Crippen LogP contribution in [-0.2, 0) is 9.53 Å². The Balaban J connectivity index is 1.55. The fourth-order valence-electron chi connectivity index (χ4n) is 3.06. The number of esters is 1. The van der Waals surface area contributed by atoms with Gasteiger partial charge in [-0.25, -0.2) is 4.79 Å². The molecule has 0 aromatic carbocycles. The summed E-state index contributed by atoms with van der Waals surface area (Å²) in [6, 6.07) is -0.183. The quantitative estimate of drug-likeness (QED) is 0.431. The molecule has 3 unspecified atom stereocenters. The molecule has 2 N–H and O–H groups in total. The highest BCUT2D eigenvalue weighted by Crippen LogP contribution is 2.42. The zero-order valence-electron chi connectivity index (χ0n) is 13.9. The van der Waals surface area contributed by atoms with Crippen molar-refractivity contribution < 1.29 is 14.3 Å². The van der Waals surface area contributed by atoms with E-state index in [1.807, 2.05) is 20.8 Å². The van der Waals surface area contributed by atoms with Crippen LogP contribution in [-0.4, -0.2) is 31.7 Å². The summed E-state index contributed by atoms with van der Waals surface area (Å²) >= 11 is 0. The average Bonchev–Trinajstić information content (AvgIpc) is 3.11. The molecule has 1 fully saturated rings. The molecule has 2 rings (SSSR count). The van der Waals surface area contributed by atoms with Gasteiger partial charge in [0.2, 0.25) is 0 Å². The number of fused-ring (bicyclic) bond motifs is 2. The van der Waals surface area contributed by atoms with Crippen LogP contribution in [0.2, 0.25) is 0 Å². The highest BCUT2D eigenvalue weighted by molar-refractivity contribution is 5.76. The number of nitrogens with one attached hydrogen (secondary N) is 2. The number of amides is 2. The van der Waals surface area contributed by atoms with E-state index in [2.05, 4.69) is 22.8 Å². The van der Waals surface area contributed by atoms with Crippen molar-refractivity contribution in [3.05, 3.63) is 12.2 Å². The number of rotatable bonds is 7. The van der Waals surface area contributed by atoms with E-state index in [1.165, 1.54) is 12.8 Å². The van der Waals surface area contributed by atoms with E-state index < -0.39 is 5.41 Å². The zero-order chi connectivity index (χ0) is 16.2. The van der Waals surface area contributed by atoms with Crippen LogP contribution in [0.1, 0.15) is 40.0 Å². The first-order valence-electron chi connectivity index (χ1n) is 8.29. The van der Waals surface area contributed by atoms with E-state index >= 15 is 0 Å². The molecular formula is C17H28N2O3. The van der Waals surface area contributed by atoms with Crippen molar-refractivity contribution in [3.8, 4) is 0 Å². The smallest absolute Gasteiger partial charge is 0.314 e. The minimum atomic E-state index is -0.461. The second kappa shape index (κ2) is 7.16. The molecule has 0 aromatic heterocycles. The SMILES string of the molecule is CCC(C)(C)C(=O)OCCNC(=O)NCC1CC2C=CC1C2. The molecule has 0 heterocycles. The predicted octanol–water partition coefficient (Wildman–Crippen LogP) is 2.48. The third-order valence-electron chi connectivity index (χ3n) is 5.00. The van der Waals surface area contributed by atoms with Gasteiger partial charge in [-0.15, -0.1) is 0 Å². The third-order valence-corrected chi connectivity index (χ3v) is 5.00. The van der Waals surface area contributed by atoms with E-state index in [0.717, 1.165) is 18.9 Å². The highest BCUT2D eigenvalue weighted by Gasteiger charge is 2.35. The Hall–Kier alpha value is -1.52. The van der Waals surface area contributed by atoms with Crippen molar-refractivity contribution in [2.75, 3.05) is 19.7 Å². The fraction of sp³-hybridized carbons (Fsp3) is 0.765. The molecule has 0 aromatic rings. The number of hydrogen-bond donors (Lipinski definition) is 2. The van der Waals surface area contributed by atoms with Gasteiger partial charge in [0.05, 0.1) is 12.0 Å². The van der Waals surface area contributed by atoms with E-state index in [0.29, 0.717) is 18.4 Å². The van der Waals surface area contributed by atoms with Crippen LogP contribution < -0.4 is 10.6 Å². The van der Waals surface area contributed by atoms with Gasteiger partial charge in [0, 0.05) is 6.54 Å². The number of hydrogen-bond acceptors (Lipinski definition) is 3. The maximum Gasteiger partial charge on any atom is 0.314 e. The van der Waals surface area contributed by atoms with Gasteiger partial charge in [0.1, 0.15) is 6.61 Å². The molecule has 22 heavy (non-hydrogen) atoms. The highest BCUT2D eigenvalue weighted by atomic mass is 16.5. The lowest BCUT2D eigenvalue weighted by Gasteiger charge is -2.20. The number of allylic oxidation sites excluding steroid dienone is 2. The summed E-state index contributed by atoms with van der Waals surface area (Å²) in [6.07, 6.45) is 7.75. The van der Waals surface area contributed by atoms with Crippen molar-refractivity contribution >= 4 is 12.0 Å². The van der Waals surface area contributed by atoms with Crippen LogP contribution in [0.4, 0.5) is 4.79 Å². The van der Waals surface area contributed by atoms with Gasteiger partial charge in [-0.2, -0.15) is 0 Å². The average molecular weight is 308 g/mol. The van der Waals surface area contributed by atoms with E-state index in [4.69, 9.17) is 4.74 Å². The Morgan fingerprint density at radius 2 is 2.00 bits per heavy atom. The largest absolute Gasteiger partial charge is 0.463 e. The molecule has 2 amide bonds. The molecule has 0 spiro atoms. The summed E-state index contributed by atoms with van der Waals surface area (Å²) < 4.78 is 5.18. The zero-order valence-corrected chi connectivity index (χ0v) is 13.9. The first-order valence-corrected chi connectivity index (χ1v) is 8.29. The van der Waals surface area contributed by atoms with Crippen molar-refractivity contribution in [1.29, 1.82) is 0 Å². The second-order valence-electron chi connectivity index (χ2n) is 7.05. The van der Waals surface area contributed by atoms with Crippen molar-refractivity contribution in [2.24, 2.45) is 23.2 Å². The molecule has 0 aliphatic heterocycles. The van der Waals surface area contributed by atoms with Crippen LogP contribution in [0.5, 0.6) is 0 Å². The third kappa shape index (κ3) is 4.24. The Morgan fingerprint density at radius 1 is 1.23 bits per heavy atom. The molecule has 0 radical (unpaired) electrons. The molecule has 124 valence electrons. The number of urea groups is 1. The normalized spacial score (nSPS) is 26.0. The summed E-state index contributed by atoms with van der Waals surface area (Å²) in [5, 5.41) is 5.64. The molecule has 2 aliphatic rings. The number of carbonyl (C=O) groups is 2. The van der Waals surface area contributed by atoms with Gasteiger partial charge < -0.3 is 15.4 Å². The van der Waals surface area contributed by atoms with E-state index in [-0.39, 0.29) is 18.6 Å². The number of carbonyl (C=O) groups excluding carboxylic acids is 2.